The molecule has 0 aromatic heterocycles. The van der Waals surface area contributed by atoms with Crippen LogP contribution in [0.4, 0.5) is 0 Å². The Labute approximate surface area is 139 Å². The molecule has 0 spiro atoms. The van der Waals surface area contributed by atoms with Crippen LogP contribution in [0.25, 0.3) is 6.08 Å². The third-order valence-corrected chi connectivity index (χ3v) is 3.37. The molecule has 3 heteroatoms. The maximum atomic E-state index is 9.54. The van der Waals surface area contributed by atoms with Crippen LogP contribution in [-0.2, 0) is 4.74 Å². The van der Waals surface area contributed by atoms with E-state index >= 15 is 0 Å². The fourth-order valence-corrected chi connectivity index (χ4v) is 2.01. The van der Waals surface area contributed by atoms with Crippen molar-refractivity contribution in [1.29, 1.82) is 0 Å². The highest BCUT2D eigenvalue weighted by molar-refractivity contribution is 5.55. The summed E-state index contributed by atoms with van der Waals surface area (Å²) in [5.41, 5.74) is 3.69. The van der Waals surface area contributed by atoms with Crippen LogP contribution in [0.5, 0.6) is 11.5 Å². The molecule has 3 nitrogen and oxygen atoms in total. The molecular weight excluding hydrogens is 288 g/mol. The Kier molecular flexibility index (Phi) is 8.85. The first-order chi connectivity index (χ1) is 11.0. The number of ether oxygens (including phenoxy) is 2. The van der Waals surface area contributed by atoms with Crippen molar-refractivity contribution >= 4 is 6.08 Å². The van der Waals surface area contributed by atoms with Crippen molar-refractivity contribution in [2.24, 2.45) is 0 Å². The van der Waals surface area contributed by atoms with Crippen LogP contribution in [-0.4, -0.2) is 25.4 Å². The van der Waals surface area contributed by atoms with Crippen LogP contribution in [0.1, 0.15) is 39.2 Å². The van der Waals surface area contributed by atoms with Gasteiger partial charge in [-0.3, -0.25) is 0 Å². The quantitative estimate of drug-likeness (QED) is 0.507. The molecule has 0 aliphatic heterocycles. The second-order valence-corrected chi connectivity index (χ2v) is 5.74. The van der Waals surface area contributed by atoms with Gasteiger partial charge in [-0.05, 0) is 51.3 Å². The predicted molar refractivity (Wildman–Crippen MR) is 96.9 cm³/mol. The van der Waals surface area contributed by atoms with Gasteiger partial charge in [0.15, 0.2) is 11.5 Å². The van der Waals surface area contributed by atoms with E-state index in [0.29, 0.717) is 19.0 Å². The van der Waals surface area contributed by atoms with E-state index in [1.807, 2.05) is 18.2 Å². The molecule has 1 rings (SSSR count). The van der Waals surface area contributed by atoms with Gasteiger partial charge in [0.05, 0.1) is 20.3 Å². The van der Waals surface area contributed by atoms with E-state index in [1.54, 1.807) is 12.1 Å². The predicted octanol–water partition coefficient (Wildman–Crippen LogP) is 5.12. The van der Waals surface area contributed by atoms with Crippen molar-refractivity contribution in [3.05, 3.63) is 53.1 Å². The van der Waals surface area contributed by atoms with Gasteiger partial charge in [-0.1, -0.05) is 41.5 Å². The van der Waals surface area contributed by atoms with Crippen LogP contribution in [0.2, 0.25) is 0 Å². The maximum absolute atomic E-state index is 9.54. The number of rotatable bonds is 9. The first kappa shape index (κ1) is 19.0. The lowest BCUT2D eigenvalue weighted by Gasteiger charge is -2.03. The van der Waals surface area contributed by atoms with E-state index in [1.165, 1.54) is 18.3 Å². The Hall–Kier alpha value is -2.00. The van der Waals surface area contributed by atoms with Gasteiger partial charge in [0.1, 0.15) is 0 Å². The van der Waals surface area contributed by atoms with Gasteiger partial charge in [0.2, 0.25) is 0 Å². The van der Waals surface area contributed by atoms with Gasteiger partial charge in [0.25, 0.3) is 0 Å². The number of aromatic hydroxyl groups is 1. The summed E-state index contributed by atoms with van der Waals surface area (Å²) in [7, 11) is 1.54. The molecule has 23 heavy (non-hydrogen) atoms. The summed E-state index contributed by atoms with van der Waals surface area (Å²) < 4.78 is 10.7. The van der Waals surface area contributed by atoms with Gasteiger partial charge >= 0.3 is 0 Å². The lowest BCUT2D eigenvalue weighted by atomic mass is 10.1. The Morgan fingerprint density at radius 1 is 1.13 bits per heavy atom. The summed E-state index contributed by atoms with van der Waals surface area (Å²) in [5, 5.41) is 9.54. The average molecular weight is 316 g/mol. The van der Waals surface area contributed by atoms with E-state index in [-0.39, 0.29) is 5.75 Å². The minimum atomic E-state index is 0.148. The zero-order chi connectivity index (χ0) is 17.1. The van der Waals surface area contributed by atoms with Crippen LogP contribution in [0.15, 0.2) is 47.6 Å². The fraction of sp³-hybridized carbons (Fsp3) is 0.400. The number of hydrogen-bond donors (Lipinski definition) is 1. The Bertz CT molecular complexity index is 564. The number of methoxy groups -OCH3 is 1. The summed E-state index contributed by atoms with van der Waals surface area (Å²) in [6.07, 6.45) is 10.5. The number of phenolic OH excluding ortho intramolecular Hbond substituents is 1. The van der Waals surface area contributed by atoms with Gasteiger partial charge in [-0.25, -0.2) is 0 Å². The van der Waals surface area contributed by atoms with E-state index < -0.39 is 0 Å². The van der Waals surface area contributed by atoms with Crippen molar-refractivity contribution < 1.29 is 14.6 Å². The van der Waals surface area contributed by atoms with Crippen molar-refractivity contribution in [3.8, 4) is 11.5 Å². The Morgan fingerprint density at radius 3 is 2.61 bits per heavy atom. The molecule has 1 aromatic rings. The summed E-state index contributed by atoms with van der Waals surface area (Å²) in [5.74, 6) is 0.623. The van der Waals surface area contributed by atoms with Gasteiger partial charge in [-0.2, -0.15) is 0 Å². The van der Waals surface area contributed by atoms with Crippen LogP contribution < -0.4 is 4.74 Å². The summed E-state index contributed by atoms with van der Waals surface area (Å²) in [6.45, 7) is 7.57. The minimum Gasteiger partial charge on any atom is -0.504 e. The molecule has 0 heterocycles. The van der Waals surface area contributed by atoms with Crippen molar-refractivity contribution in [2.45, 2.75) is 33.6 Å². The SMILES string of the molecule is COc1cc(/C=C/COC/C=C(\C)CCC=C(C)C)ccc1O. The molecule has 0 atom stereocenters. The summed E-state index contributed by atoms with van der Waals surface area (Å²) >= 11 is 0. The molecule has 0 saturated heterocycles. The van der Waals surface area contributed by atoms with E-state index in [9.17, 15) is 5.11 Å². The topological polar surface area (TPSA) is 38.7 Å². The van der Waals surface area contributed by atoms with Crippen molar-refractivity contribution in [3.63, 3.8) is 0 Å². The molecule has 126 valence electrons. The zero-order valence-corrected chi connectivity index (χ0v) is 14.6. The second kappa shape index (κ2) is 10.7. The van der Waals surface area contributed by atoms with Crippen LogP contribution in [0, 0.1) is 0 Å². The third kappa shape index (κ3) is 8.27. The normalized spacial score (nSPS) is 11.7. The second-order valence-electron chi connectivity index (χ2n) is 5.74. The first-order valence-corrected chi connectivity index (χ1v) is 7.93. The minimum absolute atomic E-state index is 0.148. The number of hydrogen-bond acceptors (Lipinski definition) is 3. The van der Waals surface area contributed by atoms with E-state index in [0.717, 1.165) is 18.4 Å². The van der Waals surface area contributed by atoms with Gasteiger partial charge in [-0.15, -0.1) is 0 Å². The monoisotopic (exact) mass is 316 g/mol. The highest BCUT2D eigenvalue weighted by Crippen LogP contribution is 2.26. The third-order valence-electron chi connectivity index (χ3n) is 3.37. The number of benzene rings is 1. The molecule has 0 aliphatic carbocycles. The van der Waals surface area contributed by atoms with Crippen molar-refractivity contribution in [1.82, 2.24) is 0 Å². The van der Waals surface area contributed by atoms with Gasteiger partial charge < -0.3 is 14.6 Å². The lowest BCUT2D eigenvalue weighted by Crippen LogP contribution is -1.92. The molecule has 0 saturated carbocycles. The molecule has 1 aromatic carbocycles. The van der Waals surface area contributed by atoms with E-state index in [4.69, 9.17) is 9.47 Å². The Balaban J connectivity index is 2.30. The smallest absolute Gasteiger partial charge is 0.161 e. The zero-order valence-electron chi connectivity index (χ0n) is 14.6. The summed E-state index contributed by atoms with van der Waals surface area (Å²) in [4.78, 5) is 0. The molecule has 0 bridgehead atoms. The highest BCUT2D eigenvalue weighted by atomic mass is 16.5. The average Bonchev–Trinajstić information content (AvgIpc) is 2.51. The molecule has 0 aliphatic rings. The molecular formula is C20H28O3. The Morgan fingerprint density at radius 2 is 1.91 bits per heavy atom. The number of phenols is 1. The van der Waals surface area contributed by atoms with Crippen LogP contribution in [0.3, 0.4) is 0 Å². The molecule has 0 amide bonds. The molecule has 0 fully saturated rings. The van der Waals surface area contributed by atoms with E-state index in [2.05, 4.69) is 32.9 Å². The lowest BCUT2D eigenvalue weighted by molar-refractivity contribution is 0.194. The van der Waals surface area contributed by atoms with Gasteiger partial charge in [0, 0.05) is 0 Å². The molecule has 0 unspecified atom stereocenters. The largest absolute Gasteiger partial charge is 0.504 e. The standard InChI is InChI=1S/C20H28O3/c1-16(2)7-5-8-17(3)12-14-23-13-6-9-18-10-11-19(21)20(15-18)22-4/h6-7,9-12,15,21H,5,8,13-14H2,1-4H3/b9-6+,17-12+. The first-order valence-electron chi connectivity index (χ1n) is 7.93. The van der Waals surface area contributed by atoms with Crippen molar-refractivity contribution in [2.75, 3.05) is 20.3 Å². The molecule has 0 radical (unpaired) electrons. The summed E-state index contributed by atoms with van der Waals surface area (Å²) in [6, 6.07) is 5.25. The highest BCUT2D eigenvalue weighted by Gasteiger charge is 1.99. The maximum Gasteiger partial charge on any atom is 0.161 e. The fourth-order valence-electron chi connectivity index (χ4n) is 2.01. The van der Waals surface area contributed by atoms with Crippen LogP contribution >= 0.6 is 0 Å². The number of allylic oxidation sites excluding steroid dienone is 3. The molecule has 1 N–H and O–H groups in total.